The molecule has 1 fully saturated rings. The van der Waals surface area contributed by atoms with Gasteiger partial charge in [-0.05, 0) is 37.8 Å². The summed E-state index contributed by atoms with van der Waals surface area (Å²) in [6.07, 6.45) is 7.14. The molecule has 1 aliphatic carbocycles. The molecule has 1 aromatic rings. The summed E-state index contributed by atoms with van der Waals surface area (Å²) in [7, 11) is 0. The first-order chi connectivity index (χ1) is 9.11. The molecular formula is C13H22ClN5. The topological polar surface area (TPSA) is 62.7 Å². The predicted molar refractivity (Wildman–Crippen MR) is 78.7 cm³/mol. The van der Waals surface area contributed by atoms with Gasteiger partial charge in [-0.15, -0.1) is 0 Å². The van der Waals surface area contributed by atoms with Gasteiger partial charge in [-0.2, -0.15) is 15.0 Å². The standard InChI is InChI=1S/C13H22ClN5/c1-3-9-15-11-16-10(14)17-12(18-11)19-13(2)7-5-4-6-8-13/h3-9H2,1-2H3,(H2,15,16,17,18,19). The molecule has 1 saturated carbocycles. The Bertz CT molecular complexity index is 417. The highest BCUT2D eigenvalue weighted by Crippen LogP contribution is 2.30. The van der Waals surface area contributed by atoms with E-state index < -0.39 is 0 Å². The van der Waals surface area contributed by atoms with Crippen LogP contribution < -0.4 is 10.6 Å². The quantitative estimate of drug-likeness (QED) is 0.866. The summed E-state index contributed by atoms with van der Waals surface area (Å²) < 4.78 is 0. The molecule has 0 aromatic carbocycles. The summed E-state index contributed by atoms with van der Waals surface area (Å²) in [5.41, 5.74) is 0.0744. The van der Waals surface area contributed by atoms with Gasteiger partial charge in [0.15, 0.2) is 0 Å². The van der Waals surface area contributed by atoms with E-state index in [1.807, 2.05) is 0 Å². The van der Waals surface area contributed by atoms with Crippen molar-refractivity contribution in [3.63, 3.8) is 0 Å². The average molecular weight is 284 g/mol. The van der Waals surface area contributed by atoms with Gasteiger partial charge in [0.2, 0.25) is 17.2 Å². The van der Waals surface area contributed by atoms with Crippen molar-refractivity contribution in [1.82, 2.24) is 15.0 Å². The Morgan fingerprint density at radius 3 is 2.47 bits per heavy atom. The lowest BCUT2D eigenvalue weighted by molar-refractivity contribution is 0.347. The third-order valence-electron chi connectivity index (χ3n) is 3.51. The zero-order chi connectivity index (χ0) is 13.7. The minimum absolute atomic E-state index is 0.0744. The zero-order valence-corrected chi connectivity index (χ0v) is 12.4. The van der Waals surface area contributed by atoms with Gasteiger partial charge >= 0.3 is 0 Å². The fourth-order valence-corrected chi connectivity index (χ4v) is 2.61. The maximum atomic E-state index is 5.95. The van der Waals surface area contributed by atoms with Crippen molar-refractivity contribution in [2.24, 2.45) is 0 Å². The first kappa shape index (κ1) is 14.3. The summed E-state index contributed by atoms with van der Waals surface area (Å²) in [6, 6.07) is 0. The van der Waals surface area contributed by atoms with Gasteiger partial charge in [-0.25, -0.2) is 0 Å². The second kappa shape index (κ2) is 6.37. The molecule has 1 aliphatic rings. The van der Waals surface area contributed by atoms with Gasteiger partial charge in [0.25, 0.3) is 0 Å². The van der Waals surface area contributed by atoms with Crippen LogP contribution in [0.4, 0.5) is 11.9 Å². The van der Waals surface area contributed by atoms with Crippen molar-refractivity contribution < 1.29 is 0 Å². The molecule has 0 atom stereocenters. The van der Waals surface area contributed by atoms with Crippen molar-refractivity contribution in [2.75, 3.05) is 17.2 Å². The van der Waals surface area contributed by atoms with Gasteiger partial charge in [0.1, 0.15) is 0 Å². The second-order valence-corrected chi connectivity index (χ2v) is 5.76. The van der Waals surface area contributed by atoms with Crippen molar-refractivity contribution in [3.8, 4) is 0 Å². The van der Waals surface area contributed by atoms with E-state index in [4.69, 9.17) is 11.6 Å². The zero-order valence-electron chi connectivity index (χ0n) is 11.7. The minimum Gasteiger partial charge on any atom is -0.354 e. The number of anilines is 2. The number of hydrogen-bond acceptors (Lipinski definition) is 5. The maximum absolute atomic E-state index is 5.95. The van der Waals surface area contributed by atoms with Crippen LogP contribution >= 0.6 is 11.6 Å². The van der Waals surface area contributed by atoms with Crippen LogP contribution in [0.3, 0.4) is 0 Å². The van der Waals surface area contributed by atoms with Crippen molar-refractivity contribution >= 4 is 23.5 Å². The maximum Gasteiger partial charge on any atom is 0.229 e. The molecule has 1 aromatic heterocycles. The van der Waals surface area contributed by atoms with Crippen molar-refractivity contribution in [3.05, 3.63) is 5.28 Å². The lowest BCUT2D eigenvalue weighted by atomic mass is 9.83. The monoisotopic (exact) mass is 283 g/mol. The molecule has 6 heteroatoms. The van der Waals surface area contributed by atoms with Crippen LogP contribution in [0.25, 0.3) is 0 Å². The largest absolute Gasteiger partial charge is 0.354 e. The number of hydrogen-bond donors (Lipinski definition) is 2. The van der Waals surface area contributed by atoms with E-state index >= 15 is 0 Å². The average Bonchev–Trinajstić information content (AvgIpc) is 2.36. The third-order valence-corrected chi connectivity index (χ3v) is 3.68. The SMILES string of the molecule is CCCNc1nc(Cl)nc(NC2(C)CCCCC2)n1. The fraction of sp³-hybridized carbons (Fsp3) is 0.769. The fourth-order valence-electron chi connectivity index (χ4n) is 2.45. The number of halogens is 1. The first-order valence-electron chi connectivity index (χ1n) is 7.05. The van der Waals surface area contributed by atoms with E-state index in [1.54, 1.807) is 0 Å². The van der Waals surface area contributed by atoms with E-state index in [-0.39, 0.29) is 10.8 Å². The molecule has 106 valence electrons. The van der Waals surface area contributed by atoms with Gasteiger partial charge in [-0.1, -0.05) is 26.2 Å². The molecule has 5 nitrogen and oxygen atoms in total. The second-order valence-electron chi connectivity index (χ2n) is 5.42. The molecule has 0 aliphatic heterocycles. The van der Waals surface area contributed by atoms with Gasteiger partial charge in [0, 0.05) is 12.1 Å². The van der Waals surface area contributed by atoms with E-state index in [0.717, 1.165) is 25.8 Å². The summed E-state index contributed by atoms with van der Waals surface area (Å²) in [5, 5.41) is 6.80. The molecule has 0 unspecified atom stereocenters. The smallest absolute Gasteiger partial charge is 0.229 e. The molecular weight excluding hydrogens is 262 g/mol. The Labute approximate surface area is 119 Å². The molecule has 0 bridgehead atoms. The molecule has 1 heterocycles. The predicted octanol–water partition coefficient (Wildman–Crippen LogP) is 3.48. The van der Waals surface area contributed by atoms with Gasteiger partial charge in [-0.3, -0.25) is 0 Å². The Morgan fingerprint density at radius 1 is 1.11 bits per heavy atom. The normalized spacial score (nSPS) is 18.1. The van der Waals surface area contributed by atoms with Crippen LogP contribution in [-0.2, 0) is 0 Å². The van der Waals surface area contributed by atoms with Crippen LogP contribution in [0, 0.1) is 0 Å². The van der Waals surface area contributed by atoms with E-state index in [0.29, 0.717) is 11.9 Å². The lowest BCUT2D eigenvalue weighted by Crippen LogP contribution is -2.37. The molecule has 0 saturated heterocycles. The minimum atomic E-state index is 0.0744. The van der Waals surface area contributed by atoms with Gasteiger partial charge < -0.3 is 10.6 Å². The summed E-state index contributed by atoms with van der Waals surface area (Å²) in [6.45, 7) is 5.15. The molecule has 2 rings (SSSR count). The first-order valence-corrected chi connectivity index (χ1v) is 7.43. The molecule has 0 spiro atoms. The molecule has 0 amide bonds. The van der Waals surface area contributed by atoms with Crippen LogP contribution in [0.15, 0.2) is 0 Å². The molecule has 19 heavy (non-hydrogen) atoms. The van der Waals surface area contributed by atoms with Crippen molar-refractivity contribution in [1.29, 1.82) is 0 Å². The highest BCUT2D eigenvalue weighted by molar-refractivity contribution is 6.28. The Kier molecular flexibility index (Phi) is 4.80. The number of nitrogens with one attached hydrogen (secondary N) is 2. The van der Waals surface area contributed by atoms with E-state index in [1.165, 1.54) is 19.3 Å². The summed E-state index contributed by atoms with van der Waals surface area (Å²) >= 11 is 5.95. The summed E-state index contributed by atoms with van der Waals surface area (Å²) in [4.78, 5) is 12.6. The van der Waals surface area contributed by atoms with Crippen molar-refractivity contribution in [2.45, 2.75) is 57.9 Å². The van der Waals surface area contributed by atoms with E-state index in [9.17, 15) is 0 Å². The van der Waals surface area contributed by atoms with Crippen LogP contribution in [-0.4, -0.2) is 27.0 Å². The Morgan fingerprint density at radius 2 is 1.79 bits per heavy atom. The lowest BCUT2D eigenvalue weighted by Gasteiger charge is -2.34. The highest BCUT2D eigenvalue weighted by Gasteiger charge is 2.27. The summed E-state index contributed by atoms with van der Waals surface area (Å²) in [5.74, 6) is 1.12. The Hall–Kier alpha value is -1.10. The van der Waals surface area contributed by atoms with Gasteiger partial charge in [0.05, 0.1) is 0 Å². The van der Waals surface area contributed by atoms with E-state index in [2.05, 4.69) is 39.4 Å². The van der Waals surface area contributed by atoms with Crippen LogP contribution in [0.2, 0.25) is 5.28 Å². The number of rotatable bonds is 5. The highest BCUT2D eigenvalue weighted by atomic mass is 35.5. The van der Waals surface area contributed by atoms with Crippen LogP contribution in [0.5, 0.6) is 0 Å². The number of aromatic nitrogens is 3. The van der Waals surface area contributed by atoms with Crippen LogP contribution in [0.1, 0.15) is 52.4 Å². The third kappa shape index (κ3) is 4.20. The molecule has 2 N–H and O–H groups in total. The molecule has 0 radical (unpaired) electrons. The Balaban J connectivity index is 2.08. The number of nitrogens with zero attached hydrogens (tertiary/aromatic N) is 3.